The van der Waals surface area contributed by atoms with Crippen LogP contribution in [-0.4, -0.2) is 5.91 Å². The summed E-state index contributed by atoms with van der Waals surface area (Å²) in [5.41, 5.74) is 3.11. The van der Waals surface area contributed by atoms with Gasteiger partial charge in [-0.3, -0.25) is 14.5 Å². The van der Waals surface area contributed by atoms with Gasteiger partial charge in [0, 0.05) is 15.2 Å². The number of benzene rings is 3. The molecule has 6 heteroatoms. The number of carbonyl (C=O) groups excluding carboxylic acids is 1. The van der Waals surface area contributed by atoms with Crippen molar-refractivity contribution in [3.63, 3.8) is 0 Å². The number of hydrogen-bond acceptors (Lipinski definition) is 3. The van der Waals surface area contributed by atoms with Crippen LogP contribution < -0.4 is 10.3 Å². The van der Waals surface area contributed by atoms with Crippen LogP contribution in [0.3, 0.4) is 0 Å². The Hall–Kier alpha value is -2.89. The topological polar surface area (TPSA) is 50.5 Å². The van der Waals surface area contributed by atoms with E-state index in [1.54, 1.807) is 35.2 Å². The van der Waals surface area contributed by atoms with Crippen LogP contribution in [0.15, 0.2) is 80.4 Å². The van der Waals surface area contributed by atoms with Gasteiger partial charge >= 0.3 is 0 Å². The zero-order chi connectivity index (χ0) is 21.7. The molecule has 3 aromatic carbocycles. The summed E-state index contributed by atoms with van der Waals surface area (Å²) in [4.78, 5) is 28.7. The van der Waals surface area contributed by atoms with Crippen molar-refractivity contribution in [2.45, 2.75) is 19.4 Å². The van der Waals surface area contributed by atoms with Gasteiger partial charge in [0.2, 0.25) is 5.76 Å². The van der Waals surface area contributed by atoms with Crippen LogP contribution in [0.4, 0.5) is 5.69 Å². The number of rotatable bonds is 3. The molecule has 2 heterocycles. The molecule has 1 aromatic heterocycles. The van der Waals surface area contributed by atoms with Gasteiger partial charge in [-0.05, 0) is 60.0 Å². The van der Waals surface area contributed by atoms with Gasteiger partial charge in [-0.2, -0.15) is 0 Å². The maximum Gasteiger partial charge on any atom is 0.295 e. The van der Waals surface area contributed by atoms with Gasteiger partial charge in [-0.15, -0.1) is 0 Å². The molecule has 0 saturated carbocycles. The molecule has 0 radical (unpaired) electrons. The highest BCUT2D eigenvalue weighted by molar-refractivity contribution is 9.10. The van der Waals surface area contributed by atoms with E-state index in [-0.39, 0.29) is 17.1 Å². The third-order valence-corrected chi connectivity index (χ3v) is 6.35. The molecular weight excluding hydrogens is 478 g/mol. The first-order valence-corrected chi connectivity index (χ1v) is 11.1. The lowest BCUT2D eigenvalue weighted by molar-refractivity contribution is 0.0971. The largest absolute Gasteiger partial charge is 0.450 e. The van der Waals surface area contributed by atoms with Crippen LogP contribution in [0.2, 0.25) is 5.02 Å². The molecule has 0 aliphatic carbocycles. The van der Waals surface area contributed by atoms with E-state index in [4.69, 9.17) is 16.0 Å². The van der Waals surface area contributed by atoms with Gasteiger partial charge in [-0.1, -0.05) is 58.7 Å². The van der Waals surface area contributed by atoms with Crippen LogP contribution in [0.25, 0.3) is 11.0 Å². The second-order valence-corrected chi connectivity index (χ2v) is 8.82. The highest BCUT2D eigenvalue weighted by Crippen LogP contribution is 2.41. The second kappa shape index (κ2) is 7.66. The van der Waals surface area contributed by atoms with E-state index in [0.717, 1.165) is 22.0 Å². The molecule has 31 heavy (non-hydrogen) atoms. The van der Waals surface area contributed by atoms with Gasteiger partial charge < -0.3 is 4.42 Å². The Morgan fingerprint density at radius 3 is 2.52 bits per heavy atom. The molecular formula is C25H17BrClNO3. The van der Waals surface area contributed by atoms with Gasteiger partial charge in [0.05, 0.1) is 17.0 Å². The van der Waals surface area contributed by atoms with E-state index in [2.05, 4.69) is 22.9 Å². The molecule has 1 aliphatic rings. The van der Waals surface area contributed by atoms with E-state index in [1.807, 2.05) is 36.4 Å². The van der Waals surface area contributed by atoms with Gasteiger partial charge in [0.1, 0.15) is 5.58 Å². The van der Waals surface area contributed by atoms with Gasteiger partial charge in [-0.25, -0.2) is 0 Å². The quantitative estimate of drug-likeness (QED) is 0.326. The van der Waals surface area contributed by atoms with Crippen molar-refractivity contribution in [3.05, 3.63) is 109 Å². The van der Waals surface area contributed by atoms with Crippen molar-refractivity contribution in [3.8, 4) is 0 Å². The van der Waals surface area contributed by atoms with E-state index < -0.39 is 6.04 Å². The number of halogens is 2. The minimum atomic E-state index is -0.631. The Kier molecular flexibility index (Phi) is 4.95. The van der Waals surface area contributed by atoms with Crippen molar-refractivity contribution >= 4 is 50.1 Å². The van der Waals surface area contributed by atoms with Crippen LogP contribution >= 0.6 is 27.5 Å². The maximum atomic E-state index is 13.6. The fourth-order valence-corrected chi connectivity index (χ4v) is 4.66. The molecule has 4 nitrogen and oxygen atoms in total. The predicted octanol–water partition coefficient (Wildman–Crippen LogP) is 6.52. The first-order chi connectivity index (χ1) is 15.0. The van der Waals surface area contributed by atoms with Gasteiger partial charge in [0.25, 0.3) is 5.91 Å². The molecule has 1 aliphatic heterocycles. The monoisotopic (exact) mass is 493 g/mol. The zero-order valence-electron chi connectivity index (χ0n) is 16.6. The predicted molar refractivity (Wildman–Crippen MR) is 126 cm³/mol. The molecule has 154 valence electrons. The summed E-state index contributed by atoms with van der Waals surface area (Å²) in [6, 6.07) is 19.6. The van der Waals surface area contributed by atoms with E-state index in [9.17, 15) is 9.59 Å². The van der Waals surface area contributed by atoms with Crippen molar-refractivity contribution in [1.82, 2.24) is 0 Å². The van der Waals surface area contributed by atoms with Crippen molar-refractivity contribution < 1.29 is 9.21 Å². The normalized spacial score (nSPS) is 15.5. The highest BCUT2D eigenvalue weighted by atomic mass is 79.9. The lowest BCUT2D eigenvalue weighted by Crippen LogP contribution is -2.29. The number of anilines is 1. The van der Waals surface area contributed by atoms with Crippen LogP contribution in [0, 0.1) is 0 Å². The van der Waals surface area contributed by atoms with Gasteiger partial charge in [0.15, 0.2) is 5.43 Å². The second-order valence-electron chi connectivity index (χ2n) is 7.47. The Labute approximate surface area is 192 Å². The lowest BCUT2D eigenvalue weighted by atomic mass is 9.98. The summed E-state index contributed by atoms with van der Waals surface area (Å²) in [5, 5.41) is 0.962. The standard InChI is InChI=1S/C25H17BrClNO3/c1-2-14-6-9-18(10-7-14)28-22(15-4-3-5-17(27)12-15)21-23(29)19-13-16(26)8-11-20(19)31-24(21)25(28)30/h3-13,22H,2H2,1H3. The van der Waals surface area contributed by atoms with E-state index in [0.29, 0.717) is 27.2 Å². The minimum Gasteiger partial charge on any atom is -0.450 e. The minimum absolute atomic E-state index is 0.0735. The van der Waals surface area contributed by atoms with Crippen LogP contribution in [0.1, 0.15) is 40.2 Å². The molecule has 1 amide bonds. The number of aryl methyl sites for hydroxylation is 1. The summed E-state index contributed by atoms with van der Waals surface area (Å²) >= 11 is 9.68. The summed E-state index contributed by atoms with van der Waals surface area (Å²) in [6.07, 6.45) is 0.895. The lowest BCUT2D eigenvalue weighted by Gasteiger charge is -2.25. The third kappa shape index (κ3) is 3.29. The molecule has 0 fully saturated rings. The molecule has 4 aromatic rings. The summed E-state index contributed by atoms with van der Waals surface area (Å²) in [6.45, 7) is 2.08. The zero-order valence-corrected chi connectivity index (χ0v) is 18.9. The summed E-state index contributed by atoms with van der Waals surface area (Å²) < 4.78 is 6.75. The Balaban J connectivity index is 1.80. The molecule has 1 unspecified atom stereocenters. The molecule has 1 atom stereocenters. The number of carbonyl (C=O) groups is 1. The van der Waals surface area contributed by atoms with E-state index in [1.165, 1.54) is 0 Å². The molecule has 0 spiro atoms. The number of hydrogen-bond donors (Lipinski definition) is 0. The fourth-order valence-electron chi connectivity index (χ4n) is 4.10. The van der Waals surface area contributed by atoms with E-state index >= 15 is 0 Å². The van der Waals surface area contributed by atoms with Crippen molar-refractivity contribution in [2.24, 2.45) is 0 Å². The Morgan fingerprint density at radius 2 is 1.81 bits per heavy atom. The highest BCUT2D eigenvalue weighted by Gasteiger charge is 2.43. The Bertz CT molecular complexity index is 1390. The first kappa shape index (κ1) is 20.0. The van der Waals surface area contributed by atoms with Crippen LogP contribution in [0.5, 0.6) is 0 Å². The van der Waals surface area contributed by atoms with Crippen molar-refractivity contribution in [2.75, 3.05) is 4.90 Å². The molecule has 0 saturated heterocycles. The average molecular weight is 495 g/mol. The molecule has 5 rings (SSSR count). The van der Waals surface area contributed by atoms with Crippen molar-refractivity contribution in [1.29, 1.82) is 0 Å². The number of nitrogens with zero attached hydrogens (tertiary/aromatic N) is 1. The molecule has 0 bridgehead atoms. The summed E-state index contributed by atoms with van der Waals surface area (Å²) in [5.74, 6) is -0.268. The third-order valence-electron chi connectivity index (χ3n) is 5.62. The van der Waals surface area contributed by atoms with Crippen LogP contribution in [-0.2, 0) is 6.42 Å². The number of amides is 1. The SMILES string of the molecule is CCc1ccc(N2C(=O)c3oc4ccc(Br)cc4c(=O)c3C2c2cccc(Cl)c2)cc1. The number of fused-ring (bicyclic) bond motifs is 2. The summed E-state index contributed by atoms with van der Waals surface area (Å²) in [7, 11) is 0. The fraction of sp³-hybridized carbons (Fsp3) is 0.120. The Morgan fingerprint density at radius 1 is 1.03 bits per heavy atom. The average Bonchev–Trinajstić information content (AvgIpc) is 3.07. The first-order valence-electron chi connectivity index (χ1n) is 9.92. The maximum absolute atomic E-state index is 13.6. The molecule has 0 N–H and O–H groups in total. The smallest absolute Gasteiger partial charge is 0.295 e.